The summed E-state index contributed by atoms with van der Waals surface area (Å²) in [4.78, 5) is 38.9. The average Bonchev–Trinajstić information content (AvgIpc) is 2.93. The fourth-order valence-corrected chi connectivity index (χ4v) is 2.79. The molecule has 1 aromatic heterocycles. The van der Waals surface area contributed by atoms with Gasteiger partial charge in [-0.2, -0.15) is 0 Å². The highest BCUT2D eigenvalue weighted by Gasteiger charge is 2.20. The van der Waals surface area contributed by atoms with E-state index in [2.05, 4.69) is 15.6 Å². The third-order valence-electron chi connectivity index (χ3n) is 3.11. The van der Waals surface area contributed by atoms with E-state index in [1.807, 2.05) is 13.8 Å². The molecule has 138 valence electrons. The van der Waals surface area contributed by atoms with Crippen LogP contribution in [0.1, 0.15) is 29.2 Å². The van der Waals surface area contributed by atoms with Gasteiger partial charge in [0.2, 0.25) is 0 Å². The molecule has 0 unspecified atom stereocenters. The zero-order chi connectivity index (χ0) is 19.3. The van der Waals surface area contributed by atoms with E-state index in [4.69, 9.17) is 4.74 Å². The minimum atomic E-state index is -0.655. The van der Waals surface area contributed by atoms with Crippen LogP contribution < -0.4 is 10.6 Å². The predicted molar refractivity (Wildman–Crippen MR) is 97.7 cm³/mol. The molecule has 26 heavy (non-hydrogen) atoms. The maximum atomic E-state index is 12.4. The monoisotopic (exact) mass is 378 g/mol. The lowest BCUT2D eigenvalue weighted by Gasteiger charge is -2.06. The SMILES string of the molecule is Cc1nc(NC(=O)OCC(C)C)sc1C(=O)Nc1ccccc1[N+](=O)[O-]. The summed E-state index contributed by atoms with van der Waals surface area (Å²) in [6.07, 6.45) is -0.655. The van der Waals surface area contributed by atoms with Crippen LogP contribution in [0.3, 0.4) is 0 Å². The number of anilines is 2. The Morgan fingerprint density at radius 3 is 2.65 bits per heavy atom. The van der Waals surface area contributed by atoms with E-state index in [9.17, 15) is 19.7 Å². The summed E-state index contributed by atoms with van der Waals surface area (Å²) in [6, 6.07) is 5.83. The van der Waals surface area contributed by atoms with Crippen LogP contribution in [-0.2, 0) is 4.74 Å². The van der Waals surface area contributed by atoms with Gasteiger partial charge in [-0.15, -0.1) is 0 Å². The maximum Gasteiger partial charge on any atom is 0.413 e. The zero-order valence-corrected chi connectivity index (χ0v) is 15.3. The van der Waals surface area contributed by atoms with Gasteiger partial charge in [-0.1, -0.05) is 37.3 Å². The lowest BCUT2D eigenvalue weighted by molar-refractivity contribution is -0.383. The van der Waals surface area contributed by atoms with Crippen LogP contribution in [0.5, 0.6) is 0 Å². The number of rotatable bonds is 6. The summed E-state index contributed by atoms with van der Waals surface area (Å²) in [5.41, 5.74) is 0.269. The molecule has 0 spiro atoms. The number of hydrogen-bond donors (Lipinski definition) is 2. The van der Waals surface area contributed by atoms with Gasteiger partial charge >= 0.3 is 6.09 Å². The van der Waals surface area contributed by atoms with Gasteiger partial charge in [0, 0.05) is 6.07 Å². The van der Waals surface area contributed by atoms with Gasteiger partial charge in [0.05, 0.1) is 17.2 Å². The number of amides is 2. The first-order valence-corrected chi connectivity index (χ1v) is 8.55. The van der Waals surface area contributed by atoms with Crippen LogP contribution in [0, 0.1) is 23.0 Å². The number of nitrogens with zero attached hydrogens (tertiary/aromatic N) is 2. The molecule has 1 aromatic carbocycles. The number of aryl methyl sites for hydroxylation is 1. The Kier molecular flexibility index (Phi) is 6.23. The Bertz CT molecular complexity index is 834. The number of benzene rings is 1. The van der Waals surface area contributed by atoms with Gasteiger partial charge in [-0.25, -0.2) is 9.78 Å². The van der Waals surface area contributed by atoms with Crippen LogP contribution in [0.15, 0.2) is 24.3 Å². The van der Waals surface area contributed by atoms with Crippen molar-refractivity contribution in [1.29, 1.82) is 0 Å². The Morgan fingerprint density at radius 1 is 1.31 bits per heavy atom. The number of nitrogens with one attached hydrogen (secondary N) is 2. The van der Waals surface area contributed by atoms with E-state index in [-0.39, 0.29) is 33.9 Å². The van der Waals surface area contributed by atoms with Crippen molar-refractivity contribution in [2.45, 2.75) is 20.8 Å². The van der Waals surface area contributed by atoms with Crippen molar-refractivity contribution < 1.29 is 19.2 Å². The molecule has 2 amide bonds. The Balaban J connectivity index is 2.10. The molecule has 1 heterocycles. The third kappa shape index (κ3) is 4.99. The van der Waals surface area contributed by atoms with Gasteiger partial charge in [0.25, 0.3) is 11.6 Å². The molecular weight excluding hydrogens is 360 g/mol. The first-order chi connectivity index (χ1) is 12.3. The molecule has 0 aliphatic rings. The highest BCUT2D eigenvalue weighted by molar-refractivity contribution is 7.17. The van der Waals surface area contributed by atoms with Crippen molar-refractivity contribution in [2.75, 3.05) is 17.2 Å². The fraction of sp³-hybridized carbons (Fsp3) is 0.312. The zero-order valence-electron chi connectivity index (χ0n) is 14.4. The summed E-state index contributed by atoms with van der Waals surface area (Å²) in [7, 11) is 0. The minimum absolute atomic E-state index is 0.0844. The van der Waals surface area contributed by atoms with Gasteiger partial charge in [-0.05, 0) is 18.9 Å². The number of nitro groups is 1. The molecule has 0 saturated carbocycles. The second kappa shape index (κ2) is 8.39. The van der Waals surface area contributed by atoms with Gasteiger partial charge < -0.3 is 10.1 Å². The topological polar surface area (TPSA) is 123 Å². The van der Waals surface area contributed by atoms with E-state index >= 15 is 0 Å². The number of hydrogen-bond acceptors (Lipinski definition) is 7. The molecule has 2 rings (SSSR count). The molecule has 9 nitrogen and oxygen atoms in total. The summed E-state index contributed by atoms with van der Waals surface area (Å²) in [5.74, 6) is -0.348. The Labute approximate surface area is 153 Å². The highest BCUT2D eigenvalue weighted by Crippen LogP contribution is 2.27. The number of carbonyl (C=O) groups excluding carboxylic acids is 2. The molecule has 0 saturated heterocycles. The summed E-state index contributed by atoms with van der Waals surface area (Å²) in [6.45, 7) is 5.69. The second-order valence-corrected chi connectivity index (χ2v) is 6.78. The summed E-state index contributed by atoms with van der Waals surface area (Å²) in [5, 5.41) is 16.2. The van der Waals surface area contributed by atoms with Crippen LogP contribution in [0.2, 0.25) is 0 Å². The van der Waals surface area contributed by atoms with Gasteiger partial charge in [0.1, 0.15) is 10.6 Å². The molecule has 0 fully saturated rings. The standard InChI is InChI=1S/C16H18N4O5S/c1-9(2)8-25-16(22)19-15-17-10(3)13(26-15)14(21)18-11-6-4-5-7-12(11)20(23)24/h4-7,9H,8H2,1-3H3,(H,18,21)(H,17,19,22). The average molecular weight is 378 g/mol. The second-order valence-electron chi connectivity index (χ2n) is 5.78. The molecule has 0 bridgehead atoms. The van der Waals surface area contributed by atoms with Gasteiger partial charge in [0.15, 0.2) is 5.13 Å². The predicted octanol–water partition coefficient (Wildman–Crippen LogP) is 3.82. The van der Waals surface area contributed by atoms with Crippen LogP contribution in [-0.4, -0.2) is 28.5 Å². The van der Waals surface area contributed by atoms with Gasteiger partial charge in [-0.3, -0.25) is 20.2 Å². The number of ether oxygens (including phenoxy) is 1. The molecule has 2 aromatic rings. The molecular formula is C16H18N4O5S. The summed E-state index contributed by atoms with van der Waals surface area (Å²) < 4.78 is 5.00. The van der Waals surface area contributed by atoms with E-state index in [0.717, 1.165) is 11.3 Å². The number of aromatic nitrogens is 1. The van der Waals surface area contributed by atoms with Crippen molar-refractivity contribution in [3.05, 3.63) is 45.0 Å². The first-order valence-electron chi connectivity index (χ1n) is 7.74. The van der Waals surface area contributed by atoms with E-state index in [0.29, 0.717) is 5.69 Å². The van der Waals surface area contributed by atoms with Crippen molar-refractivity contribution in [2.24, 2.45) is 5.92 Å². The lowest BCUT2D eigenvalue weighted by atomic mass is 10.2. The number of nitro benzene ring substituents is 1. The molecule has 0 aliphatic carbocycles. The normalized spacial score (nSPS) is 10.5. The fourth-order valence-electron chi connectivity index (χ4n) is 1.94. The number of thiazole rings is 1. The molecule has 0 radical (unpaired) electrons. The van der Waals surface area contributed by atoms with E-state index in [1.165, 1.54) is 18.2 Å². The van der Waals surface area contributed by atoms with Crippen LogP contribution in [0.25, 0.3) is 0 Å². The minimum Gasteiger partial charge on any atom is -0.449 e. The molecule has 10 heteroatoms. The lowest BCUT2D eigenvalue weighted by Crippen LogP contribution is -2.16. The smallest absolute Gasteiger partial charge is 0.413 e. The van der Waals surface area contributed by atoms with Crippen LogP contribution >= 0.6 is 11.3 Å². The van der Waals surface area contributed by atoms with E-state index in [1.54, 1.807) is 13.0 Å². The highest BCUT2D eigenvalue weighted by atomic mass is 32.1. The molecule has 0 aliphatic heterocycles. The number of para-hydroxylation sites is 2. The summed E-state index contributed by atoms with van der Waals surface area (Å²) >= 11 is 0.959. The Hall–Kier alpha value is -3.01. The quantitative estimate of drug-likeness (QED) is 0.582. The maximum absolute atomic E-state index is 12.4. The van der Waals surface area contributed by atoms with Crippen molar-refractivity contribution in [3.8, 4) is 0 Å². The van der Waals surface area contributed by atoms with Crippen molar-refractivity contribution in [3.63, 3.8) is 0 Å². The largest absolute Gasteiger partial charge is 0.449 e. The first kappa shape index (κ1) is 19.3. The van der Waals surface area contributed by atoms with Crippen molar-refractivity contribution in [1.82, 2.24) is 4.98 Å². The number of carbonyl (C=O) groups is 2. The van der Waals surface area contributed by atoms with Crippen LogP contribution in [0.4, 0.5) is 21.3 Å². The Morgan fingerprint density at radius 2 is 2.00 bits per heavy atom. The molecule has 2 N–H and O–H groups in total. The van der Waals surface area contributed by atoms with E-state index < -0.39 is 16.9 Å². The van der Waals surface area contributed by atoms with Crippen molar-refractivity contribution >= 4 is 39.8 Å². The third-order valence-corrected chi connectivity index (χ3v) is 4.18. The molecule has 0 atom stereocenters.